The summed E-state index contributed by atoms with van der Waals surface area (Å²) >= 11 is 1.17. The molecule has 1 saturated heterocycles. The van der Waals surface area contributed by atoms with Crippen molar-refractivity contribution in [3.8, 4) is 0 Å². The first-order valence-corrected chi connectivity index (χ1v) is 5.72. The molecule has 7 heteroatoms. The lowest BCUT2D eigenvalue weighted by Crippen LogP contribution is -2.13. The Labute approximate surface area is 91.0 Å². The number of carbonyl (C=O) groups excluding carboxylic acids is 1. The van der Waals surface area contributed by atoms with Gasteiger partial charge in [-0.3, -0.25) is 4.79 Å². The number of thioether (sulfide) groups is 1. The van der Waals surface area contributed by atoms with Gasteiger partial charge >= 0.3 is 0 Å². The smallest absolute Gasteiger partial charge is 0.277 e. The molecule has 1 atom stereocenters. The molecule has 0 bridgehead atoms. The first kappa shape index (κ1) is 10.4. The van der Waals surface area contributed by atoms with Crippen LogP contribution in [0.5, 0.6) is 0 Å². The van der Waals surface area contributed by atoms with Gasteiger partial charge in [0.05, 0.1) is 11.8 Å². The van der Waals surface area contributed by atoms with Gasteiger partial charge in [-0.15, -0.1) is 10.2 Å². The van der Waals surface area contributed by atoms with E-state index in [4.69, 9.17) is 10.2 Å². The number of nitrogens with two attached hydrogens (primary N) is 1. The minimum Gasteiger partial charge on any atom is -0.414 e. The van der Waals surface area contributed by atoms with Crippen LogP contribution >= 0.6 is 11.8 Å². The molecule has 0 aromatic carbocycles. The van der Waals surface area contributed by atoms with Crippen molar-refractivity contribution < 1.29 is 9.21 Å². The Kier molecular flexibility index (Phi) is 3.22. The fraction of sp³-hybridized carbons (Fsp3) is 0.625. The first-order valence-electron chi connectivity index (χ1n) is 4.73. The maximum Gasteiger partial charge on any atom is 0.277 e. The van der Waals surface area contributed by atoms with Crippen molar-refractivity contribution >= 4 is 17.7 Å². The van der Waals surface area contributed by atoms with E-state index >= 15 is 0 Å². The number of rotatable bonds is 4. The fourth-order valence-corrected chi connectivity index (χ4v) is 1.96. The molecule has 1 aliphatic rings. The summed E-state index contributed by atoms with van der Waals surface area (Å²) in [5.41, 5.74) is 5.01. The molecule has 1 fully saturated rings. The summed E-state index contributed by atoms with van der Waals surface area (Å²) < 4.78 is 5.39. The number of carbonyl (C=O) groups is 1. The van der Waals surface area contributed by atoms with Gasteiger partial charge in [0.2, 0.25) is 11.8 Å². The second kappa shape index (κ2) is 4.63. The van der Waals surface area contributed by atoms with Crippen molar-refractivity contribution in [3.63, 3.8) is 0 Å². The van der Waals surface area contributed by atoms with Crippen LogP contribution in [0, 0.1) is 0 Å². The van der Waals surface area contributed by atoms with E-state index in [9.17, 15) is 4.79 Å². The summed E-state index contributed by atoms with van der Waals surface area (Å²) in [5, 5.41) is 11.4. The number of hydrogen-bond acceptors (Lipinski definition) is 6. The van der Waals surface area contributed by atoms with Crippen LogP contribution in [-0.2, 0) is 4.79 Å². The summed E-state index contributed by atoms with van der Waals surface area (Å²) in [7, 11) is 0. The van der Waals surface area contributed by atoms with Crippen LogP contribution in [0.1, 0.15) is 24.8 Å². The predicted molar refractivity (Wildman–Crippen MR) is 54.2 cm³/mol. The summed E-state index contributed by atoms with van der Waals surface area (Å²) in [6, 6.07) is 0.167. The first-order chi connectivity index (χ1) is 7.25. The Morgan fingerprint density at radius 1 is 1.67 bits per heavy atom. The van der Waals surface area contributed by atoms with Crippen LogP contribution < -0.4 is 11.1 Å². The molecule has 6 nitrogen and oxygen atoms in total. The molecule has 0 radical (unpaired) electrons. The zero-order chi connectivity index (χ0) is 10.7. The van der Waals surface area contributed by atoms with Crippen LogP contribution in [0.4, 0.5) is 0 Å². The molecular formula is C8H12N4O2S. The average molecular weight is 228 g/mol. The molecule has 1 aromatic rings. The van der Waals surface area contributed by atoms with Crippen molar-refractivity contribution in [3.05, 3.63) is 5.89 Å². The van der Waals surface area contributed by atoms with Crippen molar-refractivity contribution in [2.75, 3.05) is 12.3 Å². The maximum absolute atomic E-state index is 10.5. The summed E-state index contributed by atoms with van der Waals surface area (Å²) in [6.07, 6.45) is 2.14. The van der Waals surface area contributed by atoms with Crippen LogP contribution in [-0.4, -0.2) is 28.4 Å². The monoisotopic (exact) mass is 228 g/mol. The second-order valence-electron chi connectivity index (χ2n) is 3.31. The van der Waals surface area contributed by atoms with E-state index in [1.54, 1.807) is 0 Å². The molecule has 0 saturated carbocycles. The van der Waals surface area contributed by atoms with Crippen molar-refractivity contribution in [2.24, 2.45) is 5.73 Å². The molecular weight excluding hydrogens is 216 g/mol. The van der Waals surface area contributed by atoms with Gasteiger partial charge < -0.3 is 15.5 Å². The van der Waals surface area contributed by atoms with E-state index in [1.807, 2.05) is 0 Å². The van der Waals surface area contributed by atoms with Gasteiger partial charge in [0.1, 0.15) is 0 Å². The molecule has 0 aliphatic carbocycles. The van der Waals surface area contributed by atoms with Crippen LogP contribution in [0.25, 0.3) is 0 Å². The minimum atomic E-state index is -0.390. The van der Waals surface area contributed by atoms with E-state index in [1.165, 1.54) is 11.8 Å². The van der Waals surface area contributed by atoms with Crippen LogP contribution in [0.3, 0.4) is 0 Å². The molecule has 82 valence electrons. The summed E-state index contributed by atoms with van der Waals surface area (Å²) in [4.78, 5) is 10.5. The van der Waals surface area contributed by atoms with E-state index in [0.29, 0.717) is 11.1 Å². The number of primary amides is 1. The van der Waals surface area contributed by atoms with Crippen molar-refractivity contribution in [2.45, 2.75) is 24.1 Å². The highest BCUT2D eigenvalue weighted by atomic mass is 32.2. The summed E-state index contributed by atoms with van der Waals surface area (Å²) in [5.74, 6) is 0.373. The Morgan fingerprint density at radius 3 is 3.20 bits per heavy atom. The Hall–Kier alpha value is -1.08. The minimum absolute atomic E-state index is 0.166. The van der Waals surface area contributed by atoms with E-state index in [0.717, 1.165) is 19.4 Å². The van der Waals surface area contributed by atoms with Gasteiger partial charge in [-0.2, -0.15) is 0 Å². The lowest BCUT2D eigenvalue weighted by atomic mass is 10.2. The molecule has 3 N–H and O–H groups in total. The molecule has 1 aromatic heterocycles. The predicted octanol–water partition coefficient (Wildman–Crippen LogP) is 0.0715. The largest absolute Gasteiger partial charge is 0.414 e. The quantitative estimate of drug-likeness (QED) is 0.708. The maximum atomic E-state index is 10.5. The van der Waals surface area contributed by atoms with Gasteiger partial charge in [-0.25, -0.2) is 0 Å². The van der Waals surface area contributed by atoms with Gasteiger partial charge in [0.25, 0.3) is 5.22 Å². The molecule has 1 amide bonds. The molecule has 2 rings (SSSR count). The zero-order valence-corrected chi connectivity index (χ0v) is 8.92. The molecule has 2 heterocycles. The number of nitrogens with zero attached hydrogens (tertiary/aromatic N) is 2. The van der Waals surface area contributed by atoms with Crippen LogP contribution in [0.2, 0.25) is 0 Å². The van der Waals surface area contributed by atoms with Crippen molar-refractivity contribution in [1.82, 2.24) is 15.5 Å². The highest BCUT2D eigenvalue weighted by molar-refractivity contribution is 7.99. The average Bonchev–Trinajstić information content (AvgIpc) is 2.85. The molecule has 0 spiro atoms. The Bertz CT molecular complexity index is 348. The van der Waals surface area contributed by atoms with Gasteiger partial charge in [0.15, 0.2) is 0 Å². The van der Waals surface area contributed by atoms with E-state index < -0.39 is 5.91 Å². The second-order valence-corrected chi connectivity index (χ2v) is 4.24. The third-order valence-electron chi connectivity index (χ3n) is 2.12. The topological polar surface area (TPSA) is 94.0 Å². The van der Waals surface area contributed by atoms with E-state index in [-0.39, 0.29) is 11.8 Å². The third kappa shape index (κ3) is 2.69. The van der Waals surface area contributed by atoms with Gasteiger partial charge in [-0.1, -0.05) is 11.8 Å². The highest BCUT2D eigenvalue weighted by Crippen LogP contribution is 2.24. The summed E-state index contributed by atoms with van der Waals surface area (Å²) in [6.45, 7) is 0.983. The lowest BCUT2D eigenvalue weighted by molar-refractivity contribution is -0.115. The third-order valence-corrected chi connectivity index (χ3v) is 2.96. The highest BCUT2D eigenvalue weighted by Gasteiger charge is 2.22. The lowest BCUT2D eigenvalue weighted by Gasteiger charge is -2.01. The molecule has 1 aliphatic heterocycles. The Balaban J connectivity index is 1.94. The number of aromatic nitrogens is 2. The SMILES string of the molecule is NC(=O)CSc1nnc([C@H]2CCCN2)o1. The van der Waals surface area contributed by atoms with Crippen LogP contribution in [0.15, 0.2) is 9.64 Å². The number of nitrogens with one attached hydrogen (secondary N) is 1. The van der Waals surface area contributed by atoms with Gasteiger partial charge in [-0.05, 0) is 19.4 Å². The molecule has 0 unspecified atom stereocenters. The zero-order valence-electron chi connectivity index (χ0n) is 8.10. The van der Waals surface area contributed by atoms with Crippen molar-refractivity contribution in [1.29, 1.82) is 0 Å². The Morgan fingerprint density at radius 2 is 2.53 bits per heavy atom. The standard InChI is InChI=1S/C8H12N4O2S/c9-6(13)4-15-8-12-11-7(14-8)5-2-1-3-10-5/h5,10H,1-4H2,(H2,9,13)/t5-/m1/s1. The normalized spacial score (nSPS) is 20.7. The molecule has 15 heavy (non-hydrogen) atoms. The number of amides is 1. The van der Waals surface area contributed by atoms with Gasteiger partial charge in [0, 0.05) is 0 Å². The number of hydrogen-bond donors (Lipinski definition) is 2. The van der Waals surface area contributed by atoms with E-state index in [2.05, 4.69) is 15.5 Å². The fourth-order valence-electron chi connectivity index (χ4n) is 1.45.